The van der Waals surface area contributed by atoms with E-state index in [1.54, 1.807) is 0 Å². The van der Waals surface area contributed by atoms with Crippen molar-refractivity contribution in [3.05, 3.63) is 0 Å². The molecule has 2 atom stereocenters. The van der Waals surface area contributed by atoms with E-state index in [9.17, 15) is 4.79 Å². The van der Waals surface area contributed by atoms with Gasteiger partial charge in [-0.05, 0) is 17.8 Å². The van der Waals surface area contributed by atoms with Crippen LogP contribution in [0.1, 0.15) is 33.6 Å². The predicted molar refractivity (Wildman–Crippen MR) is 46.7 cm³/mol. The van der Waals surface area contributed by atoms with E-state index in [-0.39, 0.29) is 11.8 Å². The Morgan fingerprint density at radius 2 is 2.17 bits per heavy atom. The van der Waals surface area contributed by atoms with Crippen molar-refractivity contribution in [3.8, 4) is 0 Å². The zero-order valence-electron chi connectivity index (χ0n) is 7.92. The zero-order valence-corrected chi connectivity index (χ0v) is 7.92. The van der Waals surface area contributed by atoms with E-state index >= 15 is 0 Å². The zero-order chi connectivity index (χ0) is 9.57. The molecule has 0 aliphatic heterocycles. The largest absolute Gasteiger partial charge is 0.481 e. The van der Waals surface area contributed by atoms with E-state index in [0.717, 1.165) is 6.42 Å². The van der Waals surface area contributed by atoms with Crippen molar-refractivity contribution in [2.45, 2.75) is 39.2 Å². The lowest BCUT2D eigenvalue weighted by atomic mass is 9.51. The summed E-state index contributed by atoms with van der Waals surface area (Å²) in [4.78, 5) is 10.5. The Hall–Kier alpha value is -0.570. The molecule has 1 aliphatic rings. The summed E-state index contributed by atoms with van der Waals surface area (Å²) in [7, 11) is 0. The van der Waals surface area contributed by atoms with Crippen LogP contribution in [0.4, 0.5) is 0 Å². The van der Waals surface area contributed by atoms with Gasteiger partial charge in [0, 0.05) is 5.54 Å². The third-order valence-corrected chi connectivity index (χ3v) is 3.30. The number of carboxylic acid groups (broad SMARTS) is 1. The summed E-state index contributed by atoms with van der Waals surface area (Å²) in [6, 6.07) is 0. The van der Waals surface area contributed by atoms with Crippen molar-refractivity contribution < 1.29 is 9.90 Å². The molecular formula is C9H17NO2. The van der Waals surface area contributed by atoms with Crippen LogP contribution in [-0.4, -0.2) is 16.6 Å². The van der Waals surface area contributed by atoms with Gasteiger partial charge in [0.2, 0.25) is 0 Å². The van der Waals surface area contributed by atoms with Crippen molar-refractivity contribution in [1.29, 1.82) is 0 Å². The van der Waals surface area contributed by atoms with E-state index in [0.29, 0.717) is 5.92 Å². The quantitative estimate of drug-likeness (QED) is 0.656. The Bertz CT molecular complexity index is 213. The molecule has 1 rings (SSSR count). The Morgan fingerprint density at radius 3 is 2.42 bits per heavy atom. The molecule has 0 heterocycles. The molecule has 0 bridgehead atoms. The molecular weight excluding hydrogens is 154 g/mol. The van der Waals surface area contributed by atoms with Crippen LogP contribution in [0.2, 0.25) is 0 Å². The molecule has 70 valence electrons. The number of nitrogens with two attached hydrogens (primary N) is 1. The summed E-state index contributed by atoms with van der Waals surface area (Å²) in [6.45, 7) is 6.29. The lowest BCUT2D eigenvalue weighted by Crippen LogP contribution is -2.64. The van der Waals surface area contributed by atoms with Crippen LogP contribution in [0.25, 0.3) is 0 Å². The Balaban J connectivity index is 2.61. The molecule has 1 fully saturated rings. The summed E-state index contributed by atoms with van der Waals surface area (Å²) in [6.07, 6.45) is 0.908. The van der Waals surface area contributed by atoms with Crippen LogP contribution in [0.5, 0.6) is 0 Å². The van der Waals surface area contributed by atoms with Gasteiger partial charge in [-0.1, -0.05) is 20.8 Å². The normalized spacial score (nSPS) is 38.8. The second kappa shape index (κ2) is 2.46. The van der Waals surface area contributed by atoms with Crippen molar-refractivity contribution >= 4 is 5.97 Å². The van der Waals surface area contributed by atoms with Gasteiger partial charge in [-0.3, -0.25) is 4.79 Å². The number of hydrogen-bond donors (Lipinski definition) is 2. The molecule has 0 saturated heterocycles. The van der Waals surface area contributed by atoms with Crippen molar-refractivity contribution in [2.24, 2.45) is 17.1 Å². The van der Waals surface area contributed by atoms with Gasteiger partial charge < -0.3 is 10.8 Å². The fraction of sp³-hybridized carbons (Fsp3) is 0.889. The van der Waals surface area contributed by atoms with Gasteiger partial charge in [0.05, 0.1) is 6.42 Å². The van der Waals surface area contributed by atoms with Crippen LogP contribution < -0.4 is 5.73 Å². The monoisotopic (exact) mass is 171 g/mol. The molecule has 0 aromatic heterocycles. The van der Waals surface area contributed by atoms with E-state index in [4.69, 9.17) is 10.8 Å². The van der Waals surface area contributed by atoms with Crippen molar-refractivity contribution in [3.63, 3.8) is 0 Å². The first-order valence-electron chi connectivity index (χ1n) is 4.29. The topological polar surface area (TPSA) is 63.3 Å². The minimum atomic E-state index is -0.792. The smallest absolute Gasteiger partial charge is 0.305 e. The van der Waals surface area contributed by atoms with Gasteiger partial charge in [0.25, 0.3) is 0 Å². The number of rotatable bonds is 2. The fourth-order valence-corrected chi connectivity index (χ4v) is 2.30. The van der Waals surface area contributed by atoms with Gasteiger partial charge in [-0.2, -0.15) is 0 Å². The molecule has 3 nitrogen and oxygen atoms in total. The summed E-state index contributed by atoms with van der Waals surface area (Å²) >= 11 is 0. The summed E-state index contributed by atoms with van der Waals surface area (Å²) in [5, 5.41) is 8.62. The molecule has 2 unspecified atom stereocenters. The average molecular weight is 171 g/mol. The third kappa shape index (κ3) is 1.33. The number of hydrogen-bond acceptors (Lipinski definition) is 2. The molecule has 12 heavy (non-hydrogen) atoms. The minimum Gasteiger partial charge on any atom is -0.481 e. The maximum atomic E-state index is 10.5. The highest BCUT2D eigenvalue weighted by atomic mass is 16.4. The molecule has 3 heteroatoms. The summed E-state index contributed by atoms with van der Waals surface area (Å²) in [5.74, 6) is -0.499. The first kappa shape index (κ1) is 9.52. The van der Waals surface area contributed by atoms with Crippen LogP contribution in [-0.2, 0) is 4.79 Å². The maximum Gasteiger partial charge on any atom is 0.305 e. The Kier molecular flexibility index (Phi) is 1.95. The van der Waals surface area contributed by atoms with Crippen molar-refractivity contribution in [2.75, 3.05) is 0 Å². The molecule has 1 saturated carbocycles. The van der Waals surface area contributed by atoms with Gasteiger partial charge in [0.15, 0.2) is 0 Å². The molecule has 3 N–H and O–H groups in total. The second-order valence-corrected chi connectivity index (χ2v) is 4.69. The Morgan fingerprint density at radius 1 is 1.67 bits per heavy atom. The van der Waals surface area contributed by atoms with Gasteiger partial charge in [-0.15, -0.1) is 0 Å². The average Bonchev–Trinajstić information content (AvgIpc) is 1.83. The second-order valence-electron chi connectivity index (χ2n) is 4.69. The lowest BCUT2D eigenvalue weighted by molar-refractivity contribution is -0.143. The highest BCUT2D eigenvalue weighted by Gasteiger charge is 2.54. The predicted octanol–water partition coefficient (Wildman–Crippen LogP) is 1.22. The number of carboxylic acids is 1. The molecule has 0 aromatic carbocycles. The van der Waals surface area contributed by atoms with E-state index in [2.05, 4.69) is 13.8 Å². The fourth-order valence-electron chi connectivity index (χ4n) is 2.30. The van der Waals surface area contributed by atoms with Crippen LogP contribution in [0.3, 0.4) is 0 Å². The number of aliphatic carboxylic acids is 1. The SMILES string of the molecule is CC1C(C)(C)CC1(N)CC(=O)O. The standard InChI is InChI=1S/C9H17NO2/c1-6-8(2,3)5-9(6,10)4-7(11)12/h6H,4-5,10H2,1-3H3,(H,11,12). The van der Waals surface area contributed by atoms with Crippen LogP contribution in [0.15, 0.2) is 0 Å². The molecule has 0 spiro atoms. The molecule has 0 amide bonds. The third-order valence-electron chi connectivity index (χ3n) is 3.30. The van der Waals surface area contributed by atoms with E-state index < -0.39 is 11.5 Å². The highest BCUT2D eigenvalue weighted by Crippen LogP contribution is 2.53. The molecule has 0 radical (unpaired) electrons. The maximum absolute atomic E-state index is 10.5. The van der Waals surface area contributed by atoms with E-state index in [1.165, 1.54) is 0 Å². The first-order chi connectivity index (χ1) is 5.28. The van der Waals surface area contributed by atoms with Gasteiger partial charge in [0.1, 0.15) is 0 Å². The minimum absolute atomic E-state index is 0.0948. The summed E-state index contributed by atoms with van der Waals surface area (Å²) in [5.41, 5.74) is 5.69. The van der Waals surface area contributed by atoms with Crippen LogP contribution in [0, 0.1) is 11.3 Å². The van der Waals surface area contributed by atoms with Crippen molar-refractivity contribution in [1.82, 2.24) is 0 Å². The summed E-state index contributed by atoms with van der Waals surface area (Å²) < 4.78 is 0. The van der Waals surface area contributed by atoms with Crippen LogP contribution >= 0.6 is 0 Å². The van der Waals surface area contributed by atoms with E-state index in [1.807, 2.05) is 6.92 Å². The Labute approximate surface area is 72.9 Å². The highest BCUT2D eigenvalue weighted by molar-refractivity contribution is 5.68. The lowest BCUT2D eigenvalue weighted by Gasteiger charge is -2.57. The first-order valence-corrected chi connectivity index (χ1v) is 4.29. The molecule has 0 aromatic rings. The number of carbonyl (C=O) groups is 1. The van der Waals surface area contributed by atoms with Gasteiger partial charge >= 0.3 is 5.97 Å². The van der Waals surface area contributed by atoms with Gasteiger partial charge in [-0.25, -0.2) is 0 Å². The molecule has 1 aliphatic carbocycles.